The minimum Gasteiger partial charge on any atom is -0.374 e. The van der Waals surface area contributed by atoms with E-state index in [4.69, 9.17) is 0 Å². The fourth-order valence-electron chi connectivity index (χ4n) is 2.61. The summed E-state index contributed by atoms with van der Waals surface area (Å²) in [6.07, 6.45) is 3.51. The molecule has 0 saturated heterocycles. The molecule has 0 fully saturated rings. The van der Waals surface area contributed by atoms with Gasteiger partial charge in [0.1, 0.15) is 0 Å². The third kappa shape index (κ3) is 0.904. The maximum Gasteiger partial charge on any atom is 0.0786 e. The quantitative estimate of drug-likeness (QED) is 0.693. The van der Waals surface area contributed by atoms with Crippen LogP contribution in [0.25, 0.3) is 5.57 Å². The fourth-order valence-corrected chi connectivity index (χ4v) is 2.61. The lowest BCUT2D eigenvalue weighted by molar-refractivity contribution is 1.06. The van der Waals surface area contributed by atoms with Gasteiger partial charge in [0, 0.05) is 11.3 Å². The molecule has 1 heteroatoms. The number of nitrogens with one attached hydrogen (secondary N) is 1. The zero-order valence-corrected chi connectivity index (χ0v) is 8.70. The molecule has 1 heterocycles. The van der Waals surface area contributed by atoms with Gasteiger partial charge in [-0.1, -0.05) is 42.5 Å². The molecule has 0 bridgehead atoms. The van der Waals surface area contributed by atoms with Crippen LogP contribution >= 0.6 is 0 Å². The number of hydrogen-bond donors (Lipinski definition) is 1. The Hall–Kier alpha value is -2.02. The van der Waals surface area contributed by atoms with Crippen molar-refractivity contribution in [2.45, 2.75) is 6.04 Å². The summed E-state index contributed by atoms with van der Waals surface area (Å²) in [5.41, 5.74) is 6.38. The predicted octanol–water partition coefficient (Wildman–Crippen LogP) is 3.40. The zero-order valence-electron chi connectivity index (χ0n) is 8.70. The fraction of sp³-hybridized carbons (Fsp3) is 0.0667. The van der Waals surface area contributed by atoms with Gasteiger partial charge in [-0.15, -0.1) is 0 Å². The highest BCUT2D eigenvalue weighted by molar-refractivity contribution is 5.90. The first-order valence-electron chi connectivity index (χ1n) is 5.52. The summed E-state index contributed by atoms with van der Waals surface area (Å²) in [7, 11) is 0. The van der Waals surface area contributed by atoms with Crippen LogP contribution in [-0.2, 0) is 0 Å². The molecule has 1 nitrogen and oxygen atoms in total. The molecule has 0 saturated carbocycles. The van der Waals surface area contributed by atoms with Gasteiger partial charge in [0.15, 0.2) is 0 Å². The molecule has 1 aliphatic carbocycles. The summed E-state index contributed by atoms with van der Waals surface area (Å²) >= 11 is 0. The molecule has 1 N–H and O–H groups in total. The molecule has 4 rings (SSSR count). The Kier molecular flexibility index (Phi) is 1.41. The molecule has 0 spiro atoms. The van der Waals surface area contributed by atoms with E-state index in [1.807, 2.05) is 0 Å². The maximum absolute atomic E-state index is 3.55. The van der Waals surface area contributed by atoms with Crippen molar-refractivity contribution >= 4 is 11.3 Å². The van der Waals surface area contributed by atoms with Gasteiger partial charge in [-0.3, -0.25) is 0 Å². The molecule has 2 aromatic rings. The average Bonchev–Trinajstić information content (AvgIpc) is 2.85. The van der Waals surface area contributed by atoms with Gasteiger partial charge < -0.3 is 5.32 Å². The lowest BCUT2D eigenvalue weighted by Gasteiger charge is -2.09. The van der Waals surface area contributed by atoms with Crippen LogP contribution in [0.4, 0.5) is 5.69 Å². The summed E-state index contributed by atoms with van der Waals surface area (Å²) in [5, 5.41) is 3.55. The van der Waals surface area contributed by atoms with Crippen LogP contribution in [0.15, 0.2) is 48.5 Å². The largest absolute Gasteiger partial charge is 0.374 e. The van der Waals surface area contributed by atoms with Gasteiger partial charge in [0.2, 0.25) is 0 Å². The number of para-hydroxylation sites is 1. The Morgan fingerprint density at radius 3 is 2.75 bits per heavy atom. The van der Waals surface area contributed by atoms with Crippen LogP contribution in [-0.4, -0.2) is 0 Å². The van der Waals surface area contributed by atoms with E-state index < -0.39 is 0 Å². The van der Waals surface area contributed by atoms with E-state index in [9.17, 15) is 0 Å². The van der Waals surface area contributed by atoms with Crippen LogP contribution in [0.5, 0.6) is 0 Å². The second-order valence-electron chi connectivity index (χ2n) is 4.25. The highest BCUT2D eigenvalue weighted by Crippen LogP contribution is 2.48. The Morgan fingerprint density at radius 1 is 0.938 bits per heavy atom. The molecular formula is C15H10N. The monoisotopic (exact) mass is 204 g/mol. The minimum absolute atomic E-state index is 0.314. The van der Waals surface area contributed by atoms with Crippen molar-refractivity contribution in [2.24, 2.45) is 0 Å². The predicted molar refractivity (Wildman–Crippen MR) is 65.0 cm³/mol. The highest BCUT2D eigenvalue weighted by Gasteiger charge is 2.32. The molecule has 1 radical (unpaired) electrons. The molecule has 2 aliphatic rings. The number of hydrogen-bond acceptors (Lipinski definition) is 1. The molecular weight excluding hydrogens is 194 g/mol. The van der Waals surface area contributed by atoms with Crippen molar-refractivity contribution in [1.82, 2.24) is 0 Å². The Morgan fingerprint density at radius 2 is 1.75 bits per heavy atom. The second-order valence-corrected chi connectivity index (χ2v) is 4.25. The number of anilines is 1. The van der Waals surface area contributed by atoms with E-state index >= 15 is 0 Å². The number of benzene rings is 2. The van der Waals surface area contributed by atoms with Crippen LogP contribution in [0.2, 0.25) is 0 Å². The summed E-state index contributed by atoms with van der Waals surface area (Å²) in [4.78, 5) is 0. The average molecular weight is 204 g/mol. The molecule has 16 heavy (non-hydrogen) atoms. The molecule has 0 aromatic heterocycles. The number of fused-ring (bicyclic) bond motifs is 5. The Balaban J connectivity index is 1.96. The SMILES string of the molecule is [C]1=C2c3ccccc3NC2c2ccccc21. The van der Waals surface area contributed by atoms with E-state index in [2.05, 4.69) is 59.9 Å². The molecule has 0 amide bonds. The van der Waals surface area contributed by atoms with Crippen molar-refractivity contribution in [3.63, 3.8) is 0 Å². The van der Waals surface area contributed by atoms with Gasteiger partial charge >= 0.3 is 0 Å². The first-order valence-corrected chi connectivity index (χ1v) is 5.52. The van der Waals surface area contributed by atoms with E-state index in [0.717, 1.165) is 0 Å². The Labute approximate surface area is 94.4 Å². The highest BCUT2D eigenvalue weighted by atomic mass is 15.0. The first-order chi connectivity index (χ1) is 7.93. The maximum atomic E-state index is 3.55. The summed E-state index contributed by atoms with van der Waals surface area (Å²) < 4.78 is 0. The molecule has 1 unspecified atom stereocenters. The Bertz CT molecular complexity index is 610. The third-order valence-corrected chi connectivity index (χ3v) is 3.35. The van der Waals surface area contributed by atoms with Gasteiger partial charge in [-0.2, -0.15) is 0 Å². The lowest BCUT2D eigenvalue weighted by atomic mass is 10.0. The van der Waals surface area contributed by atoms with E-state index in [-0.39, 0.29) is 0 Å². The van der Waals surface area contributed by atoms with Crippen molar-refractivity contribution in [3.8, 4) is 0 Å². The van der Waals surface area contributed by atoms with Crippen molar-refractivity contribution in [3.05, 3.63) is 71.3 Å². The topological polar surface area (TPSA) is 12.0 Å². The van der Waals surface area contributed by atoms with Gasteiger partial charge in [0.25, 0.3) is 0 Å². The molecule has 1 atom stereocenters. The van der Waals surface area contributed by atoms with Crippen LogP contribution in [0.3, 0.4) is 0 Å². The van der Waals surface area contributed by atoms with Crippen LogP contribution < -0.4 is 5.32 Å². The lowest BCUT2D eigenvalue weighted by Crippen LogP contribution is -2.02. The van der Waals surface area contributed by atoms with Crippen molar-refractivity contribution in [1.29, 1.82) is 0 Å². The molecule has 2 aromatic carbocycles. The van der Waals surface area contributed by atoms with E-state index in [1.54, 1.807) is 0 Å². The van der Waals surface area contributed by atoms with Gasteiger partial charge in [-0.25, -0.2) is 0 Å². The molecule has 1 aliphatic heterocycles. The van der Waals surface area contributed by atoms with Crippen LogP contribution in [0, 0.1) is 6.08 Å². The smallest absolute Gasteiger partial charge is 0.0786 e. The standard InChI is InChI=1S/C15H10N/c1-2-6-11-10(5-1)9-13-12-7-3-4-8-14(12)16-15(11)13/h1-8,15-16H. The zero-order chi connectivity index (χ0) is 10.5. The minimum atomic E-state index is 0.314. The van der Waals surface area contributed by atoms with Gasteiger partial charge in [-0.05, 0) is 28.8 Å². The van der Waals surface area contributed by atoms with E-state index in [0.29, 0.717) is 6.04 Å². The van der Waals surface area contributed by atoms with Crippen molar-refractivity contribution in [2.75, 3.05) is 5.32 Å². The second kappa shape index (κ2) is 2.76. The summed E-state index contributed by atoms with van der Waals surface area (Å²) in [6, 6.07) is 17.2. The third-order valence-electron chi connectivity index (χ3n) is 3.35. The van der Waals surface area contributed by atoms with Crippen molar-refractivity contribution < 1.29 is 0 Å². The first kappa shape index (κ1) is 8.17. The summed E-state index contributed by atoms with van der Waals surface area (Å²) in [6.45, 7) is 0. The van der Waals surface area contributed by atoms with Crippen LogP contribution in [0.1, 0.15) is 22.7 Å². The normalized spacial score (nSPS) is 19.5. The number of rotatable bonds is 0. The van der Waals surface area contributed by atoms with Gasteiger partial charge in [0.05, 0.1) is 6.04 Å². The molecule has 75 valence electrons. The summed E-state index contributed by atoms with van der Waals surface area (Å²) in [5.74, 6) is 0. The van der Waals surface area contributed by atoms with E-state index in [1.165, 1.54) is 28.0 Å².